The third kappa shape index (κ3) is 21.2. The molecule has 0 aromatic heterocycles. The van der Waals surface area contributed by atoms with Crippen LogP contribution < -0.4 is 0 Å². The van der Waals surface area contributed by atoms with E-state index >= 15 is 0 Å². The molecule has 2 N–H and O–H groups in total. The van der Waals surface area contributed by atoms with Crippen molar-refractivity contribution >= 4 is 81.0 Å². The van der Waals surface area contributed by atoms with Gasteiger partial charge in [-0.1, -0.05) is 0 Å². The first kappa shape index (κ1) is 27.0. The Morgan fingerprint density at radius 1 is 1.05 bits per heavy atom. The van der Waals surface area contributed by atoms with Gasteiger partial charge in [0.15, 0.2) is 0 Å². The van der Waals surface area contributed by atoms with Crippen molar-refractivity contribution in [3.8, 4) is 0 Å². The average molecular weight is 320 g/mol. The Hall–Kier alpha value is 1.17. The second-order valence-electron chi connectivity index (χ2n) is 6.28. The van der Waals surface area contributed by atoms with Crippen LogP contribution in [0.25, 0.3) is 0 Å². The van der Waals surface area contributed by atoms with Crippen LogP contribution in [0.1, 0.15) is 66.2 Å². The van der Waals surface area contributed by atoms with E-state index in [9.17, 15) is 9.59 Å². The van der Waals surface area contributed by atoms with E-state index in [1.54, 1.807) is 0 Å². The van der Waals surface area contributed by atoms with Gasteiger partial charge in [-0.2, -0.15) is 0 Å². The van der Waals surface area contributed by atoms with E-state index in [0.717, 1.165) is 5.92 Å². The van der Waals surface area contributed by atoms with E-state index in [2.05, 4.69) is 45.4 Å². The molecule has 1 atom stereocenters. The molecule has 0 aliphatic rings. The molecule has 6 heteroatoms. The minimum absolute atomic E-state index is 0. The Bertz CT molecular complexity index is 265. The number of hydrogen-bond donors (Lipinski definition) is 2. The van der Waals surface area contributed by atoms with Crippen LogP contribution in [-0.2, 0) is 9.59 Å². The second-order valence-corrected chi connectivity index (χ2v) is 6.28. The average Bonchev–Trinajstić information content (AvgIpc) is 2.26. The van der Waals surface area contributed by atoms with Crippen molar-refractivity contribution in [1.29, 1.82) is 0 Å². The molecule has 0 aliphatic carbocycles. The van der Waals surface area contributed by atoms with E-state index in [4.69, 9.17) is 10.2 Å². The van der Waals surface area contributed by atoms with Crippen molar-refractivity contribution in [1.82, 2.24) is 0 Å². The number of carbonyl (C=O) groups is 2. The van der Waals surface area contributed by atoms with Crippen molar-refractivity contribution < 1.29 is 19.8 Å². The molecular formula is C15H30KLiO4. The molecule has 0 fully saturated rings. The standard InChI is InChI=1S/C12H25.C3H4O4.K.Li.H/c1-6-7-8-9-10-11(2)12(3,4)5;4-2(5)1-3(6)7;;;/h11H,2,6-10H2,1,3-5H3;1H2,(H,4,5)(H,6,7);;;. The monoisotopic (exact) mass is 320 g/mol. The number of carboxylic acids is 2. The molecule has 0 aromatic carbocycles. The number of unbranched alkanes of at least 4 members (excludes halogenated alkanes) is 3. The van der Waals surface area contributed by atoms with Crippen molar-refractivity contribution in [3.05, 3.63) is 0 Å². The topological polar surface area (TPSA) is 74.6 Å². The zero-order chi connectivity index (χ0) is 16.2. The SMILES string of the molecule is O=C(O)CC(=O)O.[KH].[Li][CH2]C(CCCCCC)C(C)(C)C. The summed E-state index contributed by atoms with van der Waals surface area (Å²) in [4.78, 5) is 18.9. The van der Waals surface area contributed by atoms with Gasteiger partial charge in [-0.05, 0) is 0 Å². The van der Waals surface area contributed by atoms with Gasteiger partial charge in [0, 0.05) is 0 Å². The number of aliphatic carboxylic acids is 2. The van der Waals surface area contributed by atoms with Crippen LogP contribution in [0.3, 0.4) is 0 Å². The molecule has 0 saturated carbocycles. The number of rotatable bonds is 8. The van der Waals surface area contributed by atoms with Crippen LogP contribution in [-0.4, -0.2) is 91.3 Å². The maximum atomic E-state index is 9.43. The molecule has 116 valence electrons. The van der Waals surface area contributed by atoms with Gasteiger partial charge in [-0.25, -0.2) is 0 Å². The van der Waals surface area contributed by atoms with Gasteiger partial charge in [0.05, 0.1) is 0 Å². The molecule has 0 spiro atoms. The van der Waals surface area contributed by atoms with Crippen LogP contribution in [0.15, 0.2) is 0 Å². The van der Waals surface area contributed by atoms with Crippen LogP contribution >= 0.6 is 0 Å². The van der Waals surface area contributed by atoms with E-state index < -0.39 is 18.4 Å². The number of carboxylic acid groups (broad SMARTS) is 2. The van der Waals surface area contributed by atoms with E-state index in [1.807, 2.05) is 0 Å². The molecule has 0 bridgehead atoms. The van der Waals surface area contributed by atoms with Gasteiger partial charge < -0.3 is 10.2 Å². The Labute approximate surface area is 181 Å². The summed E-state index contributed by atoms with van der Waals surface area (Å²) in [5.41, 5.74) is 0.515. The fourth-order valence-corrected chi connectivity index (χ4v) is 2.20. The molecule has 0 aliphatic heterocycles. The van der Waals surface area contributed by atoms with Crippen LogP contribution in [0.5, 0.6) is 0 Å². The molecule has 0 heterocycles. The Morgan fingerprint density at radius 2 is 1.52 bits per heavy atom. The molecular weight excluding hydrogens is 290 g/mol. The van der Waals surface area contributed by atoms with Gasteiger partial charge in [0.2, 0.25) is 0 Å². The summed E-state index contributed by atoms with van der Waals surface area (Å²) in [6, 6.07) is 0. The maximum absolute atomic E-state index is 9.43. The predicted octanol–water partition coefficient (Wildman–Crippen LogP) is 3.10. The molecule has 0 aromatic rings. The van der Waals surface area contributed by atoms with Crippen LogP contribution in [0, 0.1) is 11.3 Å². The molecule has 4 nitrogen and oxygen atoms in total. The van der Waals surface area contributed by atoms with Crippen LogP contribution in [0.2, 0.25) is 5.09 Å². The zero-order valence-electron chi connectivity index (χ0n) is 13.7. The summed E-state index contributed by atoms with van der Waals surface area (Å²) in [7, 11) is 0. The second kappa shape index (κ2) is 16.0. The first-order valence-electron chi connectivity index (χ1n) is 7.58. The Kier molecular flexibility index (Phi) is 20.7. The van der Waals surface area contributed by atoms with Gasteiger partial charge in [-0.3, -0.25) is 9.59 Å². The summed E-state index contributed by atoms with van der Waals surface area (Å²) in [5, 5.41) is 16.7. The molecule has 0 amide bonds. The Morgan fingerprint density at radius 3 is 1.76 bits per heavy atom. The summed E-state index contributed by atoms with van der Waals surface area (Å²) in [6.45, 7) is 9.41. The van der Waals surface area contributed by atoms with Crippen molar-refractivity contribution in [2.75, 3.05) is 0 Å². The first-order chi connectivity index (χ1) is 9.15. The normalized spacial score (nSPS) is 11.7. The van der Waals surface area contributed by atoms with Crippen LogP contribution in [0.4, 0.5) is 0 Å². The molecule has 0 radical (unpaired) electrons. The van der Waals surface area contributed by atoms with Crippen molar-refractivity contribution in [2.24, 2.45) is 11.3 Å². The van der Waals surface area contributed by atoms with Gasteiger partial charge in [0.25, 0.3) is 0 Å². The summed E-state index contributed by atoms with van der Waals surface area (Å²) in [6.07, 6.45) is 6.26. The quantitative estimate of drug-likeness (QED) is 0.409. The molecule has 1 unspecified atom stereocenters. The predicted molar refractivity (Wildman–Crippen MR) is 89.3 cm³/mol. The van der Waals surface area contributed by atoms with Gasteiger partial charge in [0.1, 0.15) is 6.42 Å². The van der Waals surface area contributed by atoms with Gasteiger partial charge >= 0.3 is 157 Å². The number of hydrogen-bond acceptors (Lipinski definition) is 2. The first-order valence-corrected chi connectivity index (χ1v) is 7.58. The third-order valence-electron chi connectivity index (χ3n) is 3.43. The van der Waals surface area contributed by atoms with Gasteiger partial charge in [-0.15, -0.1) is 0 Å². The van der Waals surface area contributed by atoms with E-state index in [0.29, 0.717) is 5.41 Å². The Balaban J connectivity index is -0.000000347. The van der Waals surface area contributed by atoms with E-state index in [1.165, 1.54) is 37.2 Å². The molecule has 21 heavy (non-hydrogen) atoms. The van der Waals surface area contributed by atoms with Crippen molar-refractivity contribution in [2.45, 2.75) is 71.3 Å². The molecule has 0 saturated heterocycles. The third-order valence-corrected chi connectivity index (χ3v) is 3.43. The summed E-state index contributed by atoms with van der Waals surface area (Å²) < 4.78 is 0. The minimum atomic E-state index is -1.31. The summed E-state index contributed by atoms with van der Waals surface area (Å²) >= 11 is 2.33. The van der Waals surface area contributed by atoms with Crippen molar-refractivity contribution in [3.63, 3.8) is 0 Å². The summed E-state index contributed by atoms with van der Waals surface area (Å²) in [5.74, 6) is -1.70. The molecule has 0 rings (SSSR count). The fourth-order valence-electron chi connectivity index (χ4n) is 2.20. The zero-order valence-corrected chi connectivity index (χ0v) is 13.7. The van der Waals surface area contributed by atoms with E-state index in [-0.39, 0.29) is 51.4 Å². The fraction of sp³-hybridized carbons (Fsp3) is 0.867.